The molecule has 11 aromatic rings. The quantitative estimate of drug-likeness (QED) is 0.153. The summed E-state index contributed by atoms with van der Waals surface area (Å²) in [6.45, 7) is 4.32. The van der Waals surface area contributed by atoms with Crippen LogP contribution in [0, 0.1) is 13.8 Å². The van der Waals surface area contributed by atoms with Crippen LogP contribution in [0.25, 0.3) is 107 Å². The van der Waals surface area contributed by atoms with Crippen LogP contribution in [0.4, 0.5) is 0 Å². The van der Waals surface area contributed by atoms with Crippen molar-refractivity contribution in [3.63, 3.8) is 0 Å². The highest BCUT2D eigenvalue weighted by atomic mass is 15.0. The molecule has 298 valence electrons. The van der Waals surface area contributed by atoms with E-state index >= 15 is 0 Å². The van der Waals surface area contributed by atoms with Crippen molar-refractivity contribution in [1.29, 1.82) is 0 Å². The first-order chi connectivity index (χ1) is 31.0. The van der Waals surface area contributed by atoms with Crippen LogP contribution >= 0.6 is 0 Å². The largest absolute Gasteiger partial charge is 0.309 e. The van der Waals surface area contributed by atoms with Gasteiger partial charge < -0.3 is 4.57 Å². The van der Waals surface area contributed by atoms with Crippen LogP contribution in [0.1, 0.15) is 11.1 Å². The molecule has 0 atom stereocenters. The second kappa shape index (κ2) is 15.9. The van der Waals surface area contributed by atoms with E-state index in [1.54, 1.807) is 0 Å². The maximum absolute atomic E-state index is 5.39. The Morgan fingerprint density at radius 3 is 1.35 bits per heavy atom. The van der Waals surface area contributed by atoms with Gasteiger partial charge in [0, 0.05) is 44.2 Å². The van der Waals surface area contributed by atoms with Crippen molar-refractivity contribution >= 4 is 21.8 Å². The van der Waals surface area contributed by atoms with Crippen molar-refractivity contribution in [3.05, 3.63) is 217 Å². The minimum absolute atomic E-state index is 0.554. The summed E-state index contributed by atoms with van der Waals surface area (Å²) >= 11 is 0. The first-order valence-corrected chi connectivity index (χ1v) is 21.2. The maximum Gasteiger partial charge on any atom is 0.164 e. The Morgan fingerprint density at radius 2 is 0.778 bits per heavy atom. The molecule has 0 aliphatic rings. The molecule has 8 aromatic carbocycles. The van der Waals surface area contributed by atoms with Gasteiger partial charge in [-0.25, -0.2) is 24.9 Å². The first kappa shape index (κ1) is 37.6. The van der Waals surface area contributed by atoms with Crippen molar-refractivity contribution in [2.45, 2.75) is 13.8 Å². The van der Waals surface area contributed by atoms with Crippen molar-refractivity contribution in [3.8, 4) is 84.9 Å². The van der Waals surface area contributed by atoms with Gasteiger partial charge in [0.1, 0.15) is 0 Å². The number of para-hydroxylation sites is 1. The monoisotopic (exact) mass is 808 g/mol. The first-order valence-electron chi connectivity index (χ1n) is 21.2. The molecule has 63 heavy (non-hydrogen) atoms. The standard InChI is InChI=1S/C57H40N6/c1-37-31-38(2)33-45(32-37)43-27-29-52-47(34-43)46-25-15-16-26-51(46)63(52)53-30-28-44(56-61-54(41-21-11-5-12-22-41)60-55(62-56)42-23-13-6-14-24-42)35-48(53)57-58-49(39-17-7-3-8-18-39)36-50(59-57)40-19-9-4-10-20-40/h3-36H,1-2H3. The molecule has 6 heteroatoms. The number of nitrogens with zero attached hydrogens (tertiary/aromatic N) is 6. The third kappa shape index (κ3) is 7.23. The zero-order valence-corrected chi connectivity index (χ0v) is 34.8. The predicted molar refractivity (Wildman–Crippen MR) is 257 cm³/mol. The number of rotatable bonds is 8. The Bertz CT molecular complexity index is 3320. The minimum Gasteiger partial charge on any atom is -0.309 e. The summed E-state index contributed by atoms with van der Waals surface area (Å²) in [7, 11) is 0. The van der Waals surface area contributed by atoms with Crippen LogP contribution in [0.2, 0.25) is 0 Å². The lowest BCUT2D eigenvalue weighted by molar-refractivity contribution is 1.07. The SMILES string of the molecule is Cc1cc(C)cc(-c2ccc3c(c2)c2ccccc2n3-c2ccc(-c3nc(-c4ccccc4)nc(-c4ccccc4)n3)cc2-c2nc(-c3ccccc3)cc(-c3ccccc3)n2)c1. The average molecular weight is 809 g/mol. The topological polar surface area (TPSA) is 69.4 Å². The lowest BCUT2D eigenvalue weighted by atomic mass is 9.99. The van der Waals surface area contributed by atoms with E-state index in [2.05, 4.69) is 128 Å². The van der Waals surface area contributed by atoms with E-state index in [0.29, 0.717) is 23.3 Å². The summed E-state index contributed by atoms with van der Waals surface area (Å²) < 4.78 is 2.36. The summed E-state index contributed by atoms with van der Waals surface area (Å²) in [5, 5.41) is 2.33. The Hall–Kier alpha value is -8.35. The molecule has 0 aliphatic carbocycles. The molecule has 0 aliphatic heterocycles. The van der Waals surface area contributed by atoms with Crippen LogP contribution < -0.4 is 0 Å². The molecule has 0 fully saturated rings. The van der Waals surface area contributed by atoms with Gasteiger partial charge in [-0.15, -0.1) is 0 Å². The molecular formula is C57H40N6. The number of hydrogen-bond donors (Lipinski definition) is 0. The number of benzene rings is 8. The highest BCUT2D eigenvalue weighted by Gasteiger charge is 2.22. The van der Waals surface area contributed by atoms with Crippen LogP contribution in [0.5, 0.6) is 0 Å². The van der Waals surface area contributed by atoms with E-state index < -0.39 is 0 Å². The van der Waals surface area contributed by atoms with Crippen molar-refractivity contribution in [2.24, 2.45) is 0 Å². The second-order valence-corrected chi connectivity index (χ2v) is 15.9. The van der Waals surface area contributed by atoms with Crippen molar-refractivity contribution in [1.82, 2.24) is 29.5 Å². The molecule has 3 aromatic heterocycles. The third-order valence-corrected chi connectivity index (χ3v) is 11.5. The van der Waals surface area contributed by atoms with E-state index in [0.717, 1.165) is 66.9 Å². The fraction of sp³-hybridized carbons (Fsp3) is 0.0351. The maximum atomic E-state index is 5.39. The average Bonchev–Trinajstić information content (AvgIpc) is 3.68. The summed E-state index contributed by atoms with van der Waals surface area (Å²) in [6.07, 6.45) is 0. The molecule has 0 saturated heterocycles. The van der Waals surface area contributed by atoms with Gasteiger partial charge in [0.15, 0.2) is 23.3 Å². The van der Waals surface area contributed by atoms with Gasteiger partial charge in [0.2, 0.25) is 0 Å². The zero-order valence-electron chi connectivity index (χ0n) is 34.8. The van der Waals surface area contributed by atoms with Gasteiger partial charge in [-0.1, -0.05) is 175 Å². The summed E-state index contributed by atoms with van der Waals surface area (Å²) in [5.41, 5.74) is 15.1. The Morgan fingerprint density at radius 1 is 0.302 bits per heavy atom. The van der Waals surface area contributed by atoms with E-state index in [4.69, 9.17) is 24.9 Å². The normalized spacial score (nSPS) is 11.3. The molecule has 0 radical (unpaired) electrons. The van der Waals surface area contributed by atoms with Gasteiger partial charge in [0.25, 0.3) is 0 Å². The van der Waals surface area contributed by atoms with E-state index in [1.807, 2.05) is 97.1 Å². The Labute approximate surface area is 365 Å². The fourth-order valence-electron chi connectivity index (χ4n) is 8.62. The van der Waals surface area contributed by atoms with Crippen LogP contribution in [-0.2, 0) is 0 Å². The summed E-state index contributed by atoms with van der Waals surface area (Å²) in [5.74, 6) is 2.34. The molecule has 0 amide bonds. The molecule has 3 heterocycles. The van der Waals surface area contributed by atoms with E-state index in [1.165, 1.54) is 27.6 Å². The lowest BCUT2D eigenvalue weighted by Gasteiger charge is -2.17. The number of fused-ring (bicyclic) bond motifs is 3. The summed E-state index contributed by atoms with van der Waals surface area (Å²) in [6, 6.07) is 71.5. The number of aryl methyl sites for hydroxylation is 2. The van der Waals surface area contributed by atoms with Gasteiger partial charge >= 0.3 is 0 Å². The molecule has 0 bridgehead atoms. The fourth-order valence-corrected chi connectivity index (χ4v) is 8.62. The third-order valence-electron chi connectivity index (χ3n) is 11.5. The van der Waals surface area contributed by atoms with Gasteiger partial charge in [-0.2, -0.15) is 0 Å². The zero-order chi connectivity index (χ0) is 42.3. The number of hydrogen-bond acceptors (Lipinski definition) is 5. The van der Waals surface area contributed by atoms with Gasteiger partial charge in [0.05, 0.1) is 28.1 Å². The highest BCUT2D eigenvalue weighted by molar-refractivity contribution is 6.11. The van der Waals surface area contributed by atoms with Gasteiger partial charge in [-0.3, -0.25) is 0 Å². The van der Waals surface area contributed by atoms with Crippen LogP contribution in [-0.4, -0.2) is 29.5 Å². The van der Waals surface area contributed by atoms with E-state index in [9.17, 15) is 0 Å². The summed E-state index contributed by atoms with van der Waals surface area (Å²) in [4.78, 5) is 26.0. The minimum atomic E-state index is 0.554. The molecule has 0 saturated carbocycles. The molecule has 11 rings (SSSR count). The smallest absolute Gasteiger partial charge is 0.164 e. The molecule has 6 nitrogen and oxygen atoms in total. The number of aromatic nitrogens is 6. The molecular weight excluding hydrogens is 769 g/mol. The highest BCUT2D eigenvalue weighted by Crippen LogP contribution is 2.40. The molecule has 0 unspecified atom stereocenters. The lowest BCUT2D eigenvalue weighted by Crippen LogP contribution is -2.04. The van der Waals surface area contributed by atoms with Gasteiger partial charge in [-0.05, 0) is 67.4 Å². The molecule has 0 N–H and O–H groups in total. The van der Waals surface area contributed by atoms with Crippen LogP contribution in [0.15, 0.2) is 206 Å². The van der Waals surface area contributed by atoms with Crippen molar-refractivity contribution < 1.29 is 0 Å². The second-order valence-electron chi connectivity index (χ2n) is 15.9. The Kier molecular flexibility index (Phi) is 9.51. The van der Waals surface area contributed by atoms with Crippen molar-refractivity contribution in [2.75, 3.05) is 0 Å². The Balaban J connectivity index is 1.19. The van der Waals surface area contributed by atoms with Crippen LogP contribution in [0.3, 0.4) is 0 Å². The predicted octanol–water partition coefficient (Wildman–Crippen LogP) is 14.0. The van der Waals surface area contributed by atoms with E-state index in [-0.39, 0.29) is 0 Å². The molecule has 0 spiro atoms.